The maximum absolute atomic E-state index is 12.9. The van der Waals surface area contributed by atoms with Crippen molar-refractivity contribution < 1.29 is 17.9 Å². The average molecular weight is 342 g/mol. The molecule has 1 aromatic rings. The molecule has 0 bridgehead atoms. The van der Waals surface area contributed by atoms with Gasteiger partial charge in [-0.25, -0.2) is 8.42 Å². The Bertz CT molecular complexity index is 629. The molecular formula is C16H26N2O4S. The van der Waals surface area contributed by atoms with Gasteiger partial charge in [0.1, 0.15) is 0 Å². The van der Waals surface area contributed by atoms with Crippen LogP contribution < -0.4 is 15.2 Å². The van der Waals surface area contributed by atoms with Crippen LogP contribution in [0.1, 0.15) is 26.7 Å². The zero-order chi connectivity index (χ0) is 17.0. The molecule has 6 nitrogen and oxygen atoms in total. The molecule has 0 spiro atoms. The lowest BCUT2D eigenvalue weighted by Gasteiger charge is -2.26. The van der Waals surface area contributed by atoms with Crippen LogP contribution in [0, 0.1) is 5.92 Å². The van der Waals surface area contributed by atoms with E-state index < -0.39 is 10.0 Å². The van der Waals surface area contributed by atoms with Crippen molar-refractivity contribution >= 4 is 10.0 Å². The van der Waals surface area contributed by atoms with Gasteiger partial charge in [0.15, 0.2) is 11.5 Å². The maximum Gasteiger partial charge on any atom is 0.243 e. The molecule has 0 saturated heterocycles. The van der Waals surface area contributed by atoms with Gasteiger partial charge in [-0.05, 0) is 44.7 Å². The summed E-state index contributed by atoms with van der Waals surface area (Å²) in [6.45, 7) is 4.97. The van der Waals surface area contributed by atoms with Gasteiger partial charge in [0, 0.05) is 25.7 Å². The van der Waals surface area contributed by atoms with Gasteiger partial charge in [0.2, 0.25) is 10.0 Å². The van der Waals surface area contributed by atoms with Crippen molar-refractivity contribution in [3.8, 4) is 11.5 Å². The SMILES string of the molecule is CCOc1ccc(S(=O)(=O)N(C)C(CN)C2CC2)cc1OCC. The molecule has 1 aromatic carbocycles. The number of hydrogen-bond acceptors (Lipinski definition) is 5. The Morgan fingerprint density at radius 3 is 2.35 bits per heavy atom. The summed E-state index contributed by atoms with van der Waals surface area (Å²) in [5.74, 6) is 1.36. The Morgan fingerprint density at radius 1 is 1.22 bits per heavy atom. The van der Waals surface area contributed by atoms with E-state index in [9.17, 15) is 8.42 Å². The number of nitrogens with zero attached hydrogens (tertiary/aromatic N) is 1. The molecule has 2 N–H and O–H groups in total. The Morgan fingerprint density at radius 2 is 1.83 bits per heavy atom. The van der Waals surface area contributed by atoms with E-state index in [0.29, 0.717) is 37.2 Å². The second-order valence-electron chi connectivity index (χ2n) is 5.64. The predicted octanol–water partition coefficient (Wildman–Crippen LogP) is 1.84. The third-order valence-electron chi connectivity index (χ3n) is 4.07. The lowest BCUT2D eigenvalue weighted by molar-refractivity contribution is 0.286. The number of nitrogens with two attached hydrogens (primary N) is 1. The molecule has 1 atom stereocenters. The first-order chi connectivity index (χ1) is 11.0. The van der Waals surface area contributed by atoms with Crippen molar-refractivity contribution in [1.29, 1.82) is 0 Å². The highest BCUT2D eigenvalue weighted by atomic mass is 32.2. The van der Waals surface area contributed by atoms with E-state index in [1.807, 2.05) is 13.8 Å². The van der Waals surface area contributed by atoms with Crippen molar-refractivity contribution in [3.05, 3.63) is 18.2 Å². The molecule has 0 amide bonds. The number of hydrogen-bond donors (Lipinski definition) is 1. The third kappa shape index (κ3) is 3.97. The molecule has 1 unspecified atom stereocenters. The zero-order valence-electron chi connectivity index (χ0n) is 14.0. The topological polar surface area (TPSA) is 81.9 Å². The number of rotatable bonds is 9. The lowest BCUT2D eigenvalue weighted by Crippen LogP contribution is -2.43. The normalized spacial score (nSPS) is 16.4. The molecular weight excluding hydrogens is 316 g/mol. The zero-order valence-corrected chi connectivity index (χ0v) is 14.8. The summed E-state index contributed by atoms with van der Waals surface area (Å²) in [5.41, 5.74) is 5.78. The van der Waals surface area contributed by atoms with E-state index in [-0.39, 0.29) is 10.9 Å². The quantitative estimate of drug-likeness (QED) is 0.740. The van der Waals surface area contributed by atoms with Gasteiger partial charge in [-0.15, -0.1) is 0 Å². The van der Waals surface area contributed by atoms with E-state index in [1.165, 1.54) is 10.4 Å². The van der Waals surface area contributed by atoms with Crippen LogP contribution in [0.2, 0.25) is 0 Å². The van der Waals surface area contributed by atoms with Crippen molar-refractivity contribution in [2.45, 2.75) is 37.6 Å². The van der Waals surface area contributed by atoms with Gasteiger partial charge in [0.25, 0.3) is 0 Å². The second kappa shape index (κ2) is 7.51. The standard InChI is InChI=1S/C16H26N2O4S/c1-4-21-15-9-8-13(10-16(15)22-5-2)23(19,20)18(3)14(11-17)12-6-7-12/h8-10,12,14H,4-7,11,17H2,1-3H3. The third-order valence-corrected chi connectivity index (χ3v) is 5.95. The van der Waals surface area contributed by atoms with Crippen LogP contribution in [0.5, 0.6) is 11.5 Å². The molecule has 7 heteroatoms. The summed E-state index contributed by atoms with van der Waals surface area (Å²) >= 11 is 0. The molecule has 1 saturated carbocycles. The van der Waals surface area contributed by atoms with E-state index in [1.54, 1.807) is 19.2 Å². The Hall–Kier alpha value is -1.31. The molecule has 0 heterocycles. The van der Waals surface area contributed by atoms with E-state index in [0.717, 1.165) is 12.8 Å². The molecule has 23 heavy (non-hydrogen) atoms. The Kier molecular flexibility index (Phi) is 5.89. The van der Waals surface area contributed by atoms with Crippen LogP contribution in [0.25, 0.3) is 0 Å². The predicted molar refractivity (Wildman–Crippen MR) is 89.3 cm³/mol. The van der Waals surface area contributed by atoms with Crippen LogP contribution in [0.15, 0.2) is 23.1 Å². The van der Waals surface area contributed by atoms with Gasteiger partial charge < -0.3 is 15.2 Å². The number of sulfonamides is 1. The van der Waals surface area contributed by atoms with Crippen molar-refractivity contribution in [1.82, 2.24) is 4.31 Å². The summed E-state index contributed by atoms with van der Waals surface area (Å²) in [6, 6.07) is 4.58. The van der Waals surface area contributed by atoms with Crippen LogP contribution in [-0.4, -0.2) is 45.6 Å². The first kappa shape index (κ1) is 18.0. The van der Waals surface area contributed by atoms with Gasteiger partial charge in [-0.2, -0.15) is 4.31 Å². The Labute approximate surface area is 138 Å². The first-order valence-corrected chi connectivity index (χ1v) is 9.47. The fourth-order valence-corrected chi connectivity index (χ4v) is 4.10. The molecule has 0 radical (unpaired) electrons. The minimum atomic E-state index is -3.61. The van der Waals surface area contributed by atoms with Crippen molar-refractivity contribution in [3.63, 3.8) is 0 Å². The van der Waals surface area contributed by atoms with E-state index in [2.05, 4.69) is 0 Å². The number of ether oxygens (including phenoxy) is 2. The monoisotopic (exact) mass is 342 g/mol. The highest BCUT2D eigenvalue weighted by molar-refractivity contribution is 7.89. The van der Waals surface area contributed by atoms with Gasteiger partial charge in [-0.3, -0.25) is 0 Å². The number of likely N-dealkylation sites (N-methyl/N-ethyl adjacent to an activating group) is 1. The summed E-state index contributed by atoms with van der Waals surface area (Å²) < 4.78 is 38.1. The van der Waals surface area contributed by atoms with Crippen molar-refractivity contribution in [2.24, 2.45) is 11.7 Å². The molecule has 130 valence electrons. The molecule has 2 rings (SSSR count). The largest absolute Gasteiger partial charge is 0.490 e. The van der Waals surface area contributed by atoms with Crippen LogP contribution in [0.4, 0.5) is 0 Å². The fraction of sp³-hybridized carbons (Fsp3) is 0.625. The maximum atomic E-state index is 12.9. The summed E-state index contributed by atoms with van der Waals surface area (Å²) in [5, 5.41) is 0. The summed E-state index contributed by atoms with van der Waals surface area (Å²) in [7, 11) is -2.01. The summed E-state index contributed by atoms with van der Waals surface area (Å²) in [4.78, 5) is 0.200. The molecule has 0 aliphatic heterocycles. The van der Waals surface area contributed by atoms with Crippen molar-refractivity contribution in [2.75, 3.05) is 26.8 Å². The highest BCUT2D eigenvalue weighted by Gasteiger charge is 2.38. The smallest absolute Gasteiger partial charge is 0.243 e. The van der Waals surface area contributed by atoms with Crippen LogP contribution in [-0.2, 0) is 10.0 Å². The van der Waals surface area contributed by atoms with Crippen LogP contribution in [0.3, 0.4) is 0 Å². The Balaban J connectivity index is 2.32. The van der Waals surface area contributed by atoms with Gasteiger partial charge in [-0.1, -0.05) is 0 Å². The minimum Gasteiger partial charge on any atom is -0.490 e. The average Bonchev–Trinajstić information content (AvgIpc) is 3.35. The van der Waals surface area contributed by atoms with Gasteiger partial charge >= 0.3 is 0 Å². The molecule has 0 aromatic heterocycles. The fourth-order valence-electron chi connectivity index (χ4n) is 2.66. The lowest BCUT2D eigenvalue weighted by atomic mass is 10.2. The van der Waals surface area contributed by atoms with E-state index >= 15 is 0 Å². The molecule has 1 fully saturated rings. The second-order valence-corrected chi connectivity index (χ2v) is 7.63. The molecule has 1 aliphatic carbocycles. The first-order valence-electron chi connectivity index (χ1n) is 8.03. The minimum absolute atomic E-state index is 0.151. The molecule has 1 aliphatic rings. The number of benzene rings is 1. The van der Waals surface area contributed by atoms with Crippen LogP contribution >= 0.6 is 0 Å². The summed E-state index contributed by atoms with van der Waals surface area (Å²) in [6.07, 6.45) is 2.07. The van der Waals surface area contributed by atoms with Gasteiger partial charge in [0.05, 0.1) is 18.1 Å². The van der Waals surface area contributed by atoms with E-state index in [4.69, 9.17) is 15.2 Å². The highest BCUT2D eigenvalue weighted by Crippen LogP contribution is 2.37.